The second kappa shape index (κ2) is 8.22. The van der Waals surface area contributed by atoms with Gasteiger partial charge in [0.15, 0.2) is 11.5 Å². The van der Waals surface area contributed by atoms with Gasteiger partial charge in [-0.15, -0.1) is 0 Å². The Balaban J connectivity index is 1.34. The zero-order valence-electron chi connectivity index (χ0n) is 24.4. The number of benzene rings is 5. The SMILES string of the molecule is Oc1cc2c(cc1O)C1(CC23CC2(C4=CC(O)C(O)C=C43)c3ccccc3-c3ccccc32)c2ccccc2-c2ccccc21. The summed E-state index contributed by atoms with van der Waals surface area (Å²) in [4.78, 5) is 0. The summed E-state index contributed by atoms with van der Waals surface area (Å²) in [5.74, 6) is -0.291. The predicted octanol–water partition coefficient (Wildman–Crippen LogP) is 7.01. The highest BCUT2D eigenvalue weighted by molar-refractivity contribution is 5.90. The van der Waals surface area contributed by atoms with E-state index in [0.717, 1.165) is 22.3 Å². The molecule has 5 aliphatic rings. The standard InChI is InChI=1S/C41H30O4/c42-35-17-31-33(19-37(35)44)40(27-13-5-1-9-23(27)24-10-2-6-14-28(24)40)21-39(31)22-41(34-20-38(45)36(43)18-32(34)39)29-15-7-3-11-25(29)26-12-4-8-16-30(26)41/h1-20,35,37,42-45H,21-22H2. The Morgan fingerprint density at radius 1 is 0.444 bits per heavy atom. The van der Waals surface area contributed by atoms with Crippen LogP contribution in [0.15, 0.2) is 132 Å². The summed E-state index contributed by atoms with van der Waals surface area (Å²) in [6.45, 7) is 0. The number of phenolic OH excluding ortho intramolecular Hbond substituents is 2. The lowest BCUT2D eigenvalue weighted by Gasteiger charge is -2.34. The maximum atomic E-state index is 11.2. The van der Waals surface area contributed by atoms with E-state index in [1.807, 2.05) is 12.2 Å². The largest absolute Gasteiger partial charge is 0.504 e. The van der Waals surface area contributed by atoms with E-state index in [-0.39, 0.29) is 11.5 Å². The molecule has 0 heterocycles. The fraction of sp³-hybridized carbons (Fsp3) is 0.171. The van der Waals surface area contributed by atoms with Crippen molar-refractivity contribution in [3.63, 3.8) is 0 Å². The molecule has 5 aromatic rings. The minimum absolute atomic E-state index is 0.139. The van der Waals surface area contributed by atoms with Crippen LogP contribution in [-0.2, 0) is 16.2 Å². The Labute approximate surface area is 260 Å². The first-order valence-electron chi connectivity index (χ1n) is 15.7. The third-order valence-corrected chi connectivity index (χ3v) is 11.6. The van der Waals surface area contributed by atoms with E-state index in [4.69, 9.17) is 0 Å². The third kappa shape index (κ3) is 2.78. The second-order valence-corrected chi connectivity index (χ2v) is 13.5. The molecule has 0 radical (unpaired) electrons. The molecule has 1 saturated carbocycles. The van der Waals surface area contributed by atoms with Gasteiger partial charge in [-0.3, -0.25) is 0 Å². The van der Waals surface area contributed by atoms with Gasteiger partial charge in [0.1, 0.15) is 12.2 Å². The molecule has 45 heavy (non-hydrogen) atoms. The van der Waals surface area contributed by atoms with Crippen LogP contribution in [0.1, 0.15) is 46.2 Å². The quantitative estimate of drug-likeness (QED) is 0.147. The molecule has 4 heteroatoms. The Morgan fingerprint density at radius 2 is 0.822 bits per heavy atom. The van der Waals surface area contributed by atoms with Gasteiger partial charge in [-0.05, 0) is 104 Å². The molecule has 0 amide bonds. The fourth-order valence-corrected chi connectivity index (χ4v) is 10.1. The number of hydrogen-bond donors (Lipinski definition) is 4. The van der Waals surface area contributed by atoms with Crippen LogP contribution in [0.25, 0.3) is 22.3 Å². The molecular weight excluding hydrogens is 556 g/mol. The summed E-state index contributed by atoms with van der Waals surface area (Å²) in [6.07, 6.45) is 2.98. The lowest BCUT2D eigenvalue weighted by atomic mass is 9.67. The second-order valence-electron chi connectivity index (χ2n) is 13.5. The highest BCUT2D eigenvalue weighted by Gasteiger charge is 2.67. The summed E-state index contributed by atoms with van der Waals surface area (Å²) in [6, 6.07) is 37.8. The van der Waals surface area contributed by atoms with Crippen LogP contribution in [0, 0.1) is 0 Å². The summed E-state index contributed by atoms with van der Waals surface area (Å²) in [5, 5.41) is 44.7. The summed E-state index contributed by atoms with van der Waals surface area (Å²) in [5.41, 5.74) is 11.6. The Morgan fingerprint density at radius 3 is 1.31 bits per heavy atom. The lowest BCUT2D eigenvalue weighted by Crippen LogP contribution is -2.32. The highest BCUT2D eigenvalue weighted by Crippen LogP contribution is 2.74. The van der Waals surface area contributed by atoms with Crippen LogP contribution >= 0.6 is 0 Å². The molecule has 3 unspecified atom stereocenters. The number of phenols is 2. The minimum atomic E-state index is -1.06. The molecule has 0 aliphatic heterocycles. The number of fused-ring (bicyclic) bond motifs is 16. The van der Waals surface area contributed by atoms with Crippen molar-refractivity contribution in [1.82, 2.24) is 0 Å². The van der Waals surface area contributed by atoms with Crippen molar-refractivity contribution in [3.8, 4) is 33.8 Å². The van der Waals surface area contributed by atoms with Gasteiger partial charge < -0.3 is 20.4 Å². The topological polar surface area (TPSA) is 80.9 Å². The summed E-state index contributed by atoms with van der Waals surface area (Å²) in [7, 11) is 0. The number of aromatic hydroxyl groups is 2. The molecule has 4 N–H and O–H groups in total. The van der Waals surface area contributed by atoms with Crippen molar-refractivity contribution in [3.05, 3.63) is 166 Å². The zero-order valence-corrected chi connectivity index (χ0v) is 24.4. The first-order chi connectivity index (χ1) is 21.9. The van der Waals surface area contributed by atoms with Crippen LogP contribution < -0.4 is 0 Å². The van der Waals surface area contributed by atoms with Crippen LogP contribution in [0.5, 0.6) is 11.5 Å². The Hall–Kier alpha value is -4.90. The zero-order chi connectivity index (χ0) is 30.3. The molecule has 3 spiro atoms. The van der Waals surface area contributed by atoms with Gasteiger partial charge in [0.25, 0.3) is 0 Å². The van der Waals surface area contributed by atoms with Crippen molar-refractivity contribution in [2.45, 2.75) is 41.3 Å². The van der Waals surface area contributed by atoms with E-state index >= 15 is 0 Å². The normalized spacial score (nSPS) is 24.9. The highest BCUT2D eigenvalue weighted by atomic mass is 16.3. The lowest BCUT2D eigenvalue weighted by molar-refractivity contribution is 0.0773. The smallest absolute Gasteiger partial charge is 0.157 e. The van der Waals surface area contributed by atoms with Gasteiger partial charge in [-0.2, -0.15) is 0 Å². The van der Waals surface area contributed by atoms with Crippen molar-refractivity contribution in [1.29, 1.82) is 0 Å². The van der Waals surface area contributed by atoms with Gasteiger partial charge in [-0.25, -0.2) is 0 Å². The first-order valence-corrected chi connectivity index (χ1v) is 15.7. The van der Waals surface area contributed by atoms with Gasteiger partial charge in [0.05, 0.1) is 0 Å². The van der Waals surface area contributed by atoms with Crippen LogP contribution in [0.2, 0.25) is 0 Å². The number of rotatable bonds is 0. The van der Waals surface area contributed by atoms with Crippen molar-refractivity contribution in [2.24, 2.45) is 0 Å². The van der Waals surface area contributed by atoms with E-state index in [1.165, 1.54) is 44.5 Å². The van der Waals surface area contributed by atoms with Gasteiger partial charge in [0, 0.05) is 16.2 Å². The predicted molar refractivity (Wildman–Crippen MR) is 173 cm³/mol. The molecule has 1 fully saturated rings. The molecule has 5 aromatic carbocycles. The molecule has 0 aromatic heterocycles. The number of aliphatic hydroxyl groups is 2. The van der Waals surface area contributed by atoms with Crippen LogP contribution in [-0.4, -0.2) is 32.6 Å². The van der Waals surface area contributed by atoms with Crippen LogP contribution in [0.3, 0.4) is 0 Å². The number of aliphatic hydroxyl groups excluding tert-OH is 2. The maximum Gasteiger partial charge on any atom is 0.157 e. The number of hydrogen-bond acceptors (Lipinski definition) is 4. The average Bonchev–Trinajstić information content (AvgIpc) is 3.71. The van der Waals surface area contributed by atoms with Gasteiger partial charge in [0.2, 0.25) is 0 Å². The Kier molecular flexibility index (Phi) is 4.64. The van der Waals surface area contributed by atoms with E-state index < -0.39 is 28.5 Å². The van der Waals surface area contributed by atoms with E-state index in [1.54, 1.807) is 12.1 Å². The maximum absolute atomic E-state index is 11.2. The summed E-state index contributed by atoms with van der Waals surface area (Å²) < 4.78 is 0. The van der Waals surface area contributed by atoms with E-state index in [0.29, 0.717) is 12.8 Å². The first kappa shape index (κ1) is 25.4. The van der Waals surface area contributed by atoms with E-state index in [2.05, 4.69) is 97.1 Å². The summed E-state index contributed by atoms with van der Waals surface area (Å²) >= 11 is 0. The molecule has 3 atom stereocenters. The van der Waals surface area contributed by atoms with Crippen molar-refractivity contribution >= 4 is 0 Å². The molecule has 0 saturated heterocycles. The van der Waals surface area contributed by atoms with Crippen molar-refractivity contribution in [2.75, 3.05) is 0 Å². The van der Waals surface area contributed by atoms with Gasteiger partial charge >= 0.3 is 0 Å². The minimum Gasteiger partial charge on any atom is -0.504 e. The van der Waals surface area contributed by atoms with Gasteiger partial charge in [-0.1, -0.05) is 97.1 Å². The van der Waals surface area contributed by atoms with Crippen LogP contribution in [0.4, 0.5) is 0 Å². The Bertz CT molecular complexity index is 2110. The average molecular weight is 587 g/mol. The molecule has 4 nitrogen and oxygen atoms in total. The fourth-order valence-electron chi connectivity index (χ4n) is 10.1. The molecule has 5 aliphatic carbocycles. The van der Waals surface area contributed by atoms with Crippen molar-refractivity contribution < 1.29 is 20.4 Å². The molecule has 10 rings (SSSR count). The van der Waals surface area contributed by atoms with E-state index in [9.17, 15) is 20.4 Å². The third-order valence-electron chi connectivity index (χ3n) is 11.6. The molecule has 0 bridgehead atoms. The number of allylic oxidation sites excluding steroid dienone is 2. The monoisotopic (exact) mass is 586 g/mol. The molecular formula is C41H30O4. The molecule has 218 valence electrons.